The minimum atomic E-state index is -5.11. The molecule has 0 fully saturated rings. The topological polar surface area (TPSA) is 146 Å². The SMILES string of the molecule is C=CC(=O)c1c(S(=O)(=O)O)c2ccc3ccc(O)c4ccc(c1S(=O)(=O)O)c2c34. The van der Waals surface area contributed by atoms with Crippen molar-refractivity contribution in [2.45, 2.75) is 9.79 Å². The number of rotatable bonds is 4. The van der Waals surface area contributed by atoms with E-state index in [1.54, 1.807) is 6.07 Å². The highest BCUT2D eigenvalue weighted by Gasteiger charge is 2.33. The summed E-state index contributed by atoms with van der Waals surface area (Å²) in [6, 6.07) is 8.43. The molecule has 0 radical (unpaired) electrons. The monoisotopic (exact) mass is 432 g/mol. The summed E-state index contributed by atoms with van der Waals surface area (Å²) < 4.78 is 68.5. The molecule has 0 aromatic heterocycles. The molecule has 148 valence electrons. The molecule has 0 aliphatic rings. The van der Waals surface area contributed by atoms with Gasteiger partial charge >= 0.3 is 0 Å². The molecule has 0 atom stereocenters. The van der Waals surface area contributed by atoms with Crippen molar-refractivity contribution in [3.8, 4) is 5.75 Å². The van der Waals surface area contributed by atoms with Gasteiger partial charge in [-0.25, -0.2) is 0 Å². The molecular formula is C19H12O8S2. The van der Waals surface area contributed by atoms with Crippen LogP contribution in [0.15, 0.2) is 58.8 Å². The molecule has 0 spiro atoms. The number of phenols is 1. The number of hydrogen-bond acceptors (Lipinski definition) is 6. The Hall–Kier alpha value is -3.05. The first-order valence-electron chi connectivity index (χ1n) is 8.05. The zero-order chi connectivity index (χ0) is 21.3. The van der Waals surface area contributed by atoms with Gasteiger partial charge in [-0.2, -0.15) is 16.8 Å². The van der Waals surface area contributed by atoms with Gasteiger partial charge in [-0.3, -0.25) is 13.9 Å². The molecule has 0 saturated heterocycles. The zero-order valence-corrected chi connectivity index (χ0v) is 16.1. The molecule has 0 bridgehead atoms. The van der Waals surface area contributed by atoms with Gasteiger partial charge in [-0.1, -0.05) is 30.8 Å². The van der Waals surface area contributed by atoms with E-state index >= 15 is 0 Å². The Morgan fingerprint density at radius 2 is 1.28 bits per heavy atom. The lowest BCUT2D eigenvalue weighted by atomic mass is 9.91. The molecule has 4 aromatic carbocycles. The van der Waals surface area contributed by atoms with E-state index in [1.807, 2.05) is 0 Å². The third-order valence-electron chi connectivity index (χ3n) is 4.78. The molecule has 4 aromatic rings. The van der Waals surface area contributed by atoms with Crippen LogP contribution in [0.3, 0.4) is 0 Å². The lowest BCUT2D eigenvalue weighted by Gasteiger charge is -2.18. The number of phenolic OH excluding ortho intramolecular Hbond substituents is 1. The van der Waals surface area contributed by atoms with E-state index in [9.17, 15) is 35.8 Å². The van der Waals surface area contributed by atoms with Crippen LogP contribution in [0, 0.1) is 0 Å². The number of benzene rings is 4. The Morgan fingerprint density at radius 1 is 0.793 bits per heavy atom. The lowest BCUT2D eigenvalue weighted by molar-refractivity contribution is 0.104. The van der Waals surface area contributed by atoms with Gasteiger partial charge in [-0.15, -0.1) is 0 Å². The van der Waals surface area contributed by atoms with Crippen molar-refractivity contribution >= 4 is 58.3 Å². The first kappa shape index (κ1) is 19.3. The molecule has 3 N–H and O–H groups in total. The van der Waals surface area contributed by atoms with Gasteiger partial charge in [0.2, 0.25) is 0 Å². The summed E-state index contributed by atoms with van der Waals surface area (Å²) >= 11 is 0. The Labute approximate surface area is 164 Å². The number of allylic oxidation sites excluding steroid dienone is 1. The van der Waals surface area contributed by atoms with Gasteiger partial charge in [-0.05, 0) is 23.6 Å². The average Bonchev–Trinajstić information content (AvgIpc) is 2.63. The molecule has 4 rings (SSSR count). The number of ketones is 1. The van der Waals surface area contributed by atoms with E-state index in [4.69, 9.17) is 0 Å². The Bertz CT molecular complexity index is 1530. The molecule has 0 aliphatic carbocycles. The molecule has 10 heteroatoms. The van der Waals surface area contributed by atoms with Crippen LogP contribution >= 0.6 is 0 Å². The first-order valence-corrected chi connectivity index (χ1v) is 10.9. The summed E-state index contributed by atoms with van der Waals surface area (Å²) in [6.07, 6.45) is 0.683. The maximum absolute atomic E-state index is 12.5. The second-order valence-electron chi connectivity index (χ2n) is 6.38. The fourth-order valence-electron chi connectivity index (χ4n) is 3.75. The van der Waals surface area contributed by atoms with Crippen molar-refractivity contribution < 1.29 is 35.8 Å². The Kier molecular flexibility index (Phi) is 3.97. The molecule has 0 amide bonds. The van der Waals surface area contributed by atoms with Crippen LogP contribution in [0.25, 0.3) is 32.3 Å². The van der Waals surface area contributed by atoms with Crippen molar-refractivity contribution in [1.29, 1.82) is 0 Å². The van der Waals surface area contributed by atoms with Crippen molar-refractivity contribution in [3.63, 3.8) is 0 Å². The van der Waals surface area contributed by atoms with Crippen LogP contribution in [-0.4, -0.2) is 36.8 Å². The molecule has 0 saturated carbocycles. The summed E-state index contributed by atoms with van der Waals surface area (Å²) in [5, 5.41) is 11.1. The number of carbonyl (C=O) groups is 1. The smallest absolute Gasteiger partial charge is 0.295 e. The predicted octanol–water partition coefficient (Wildman–Crippen LogP) is 3.15. The largest absolute Gasteiger partial charge is 0.507 e. The molecule has 0 unspecified atom stereocenters. The minimum absolute atomic E-state index is 0.0526. The molecule has 0 heterocycles. The second-order valence-corrected chi connectivity index (χ2v) is 9.10. The van der Waals surface area contributed by atoms with Crippen LogP contribution in [0.5, 0.6) is 5.75 Å². The van der Waals surface area contributed by atoms with E-state index in [-0.39, 0.29) is 21.9 Å². The van der Waals surface area contributed by atoms with Gasteiger partial charge in [0.25, 0.3) is 20.2 Å². The third kappa shape index (κ3) is 2.69. The summed E-state index contributed by atoms with van der Waals surface area (Å²) in [7, 11) is -10.2. The summed E-state index contributed by atoms with van der Waals surface area (Å²) in [4.78, 5) is 10.5. The molecule has 8 nitrogen and oxygen atoms in total. The third-order valence-corrected chi connectivity index (χ3v) is 6.66. The van der Waals surface area contributed by atoms with Gasteiger partial charge < -0.3 is 5.11 Å². The van der Waals surface area contributed by atoms with Crippen LogP contribution in [0.1, 0.15) is 10.4 Å². The van der Waals surface area contributed by atoms with E-state index in [2.05, 4.69) is 6.58 Å². The van der Waals surface area contributed by atoms with E-state index in [0.717, 1.165) is 0 Å². The predicted molar refractivity (Wildman–Crippen MR) is 106 cm³/mol. The van der Waals surface area contributed by atoms with Crippen molar-refractivity contribution in [2.75, 3.05) is 0 Å². The summed E-state index contributed by atoms with van der Waals surface area (Å²) in [5.41, 5.74) is -0.903. The normalized spacial score (nSPS) is 12.8. The minimum Gasteiger partial charge on any atom is -0.507 e. The highest BCUT2D eigenvalue weighted by Crippen LogP contribution is 2.44. The lowest BCUT2D eigenvalue weighted by Crippen LogP contribution is -2.15. The highest BCUT2D eigenvalue weighted by molar-refractivity contribution is 7.87. The van der Waals surface area contributed by atoms with Crippen molar-refractivity contribution in [2.24, 2.45) is 0 Å². The van der Waals surface area contributed by atoms with Gasteiger partial charge in [0.05, 0.1) is 5.56 Å². The maximum Gasteiger partial charge on any atom is 0.295 e. The fourth-order valence-corrected chi connectivity index (χ4v) is 5.63. The molecule has 29 heavy (non-hydrogen) atoms. The van der Waals surface area contributed by atoms with Crippen LogP contribution in [-0.2, 0) is 20.2 Å². The number of hydrogen-bond donors (Lipinski definition) is 3. The number of carbonyl (C=O) groups excluding carboxylic acids is 1. The fraction of sp³-hybridized carbons (Fsp3) is 0. The number of aromatic hydroxyl groups is 1. The van der Waals surface area contributed by atoms with E-state index in [1.165, 1.54) is 30.3 Å². The summed E-state index contributed by atoms with van der Waals surface area (Å²) in [5.74, 6) is -1.25. The van der Waals surface area contributed by atoms with Crippen LogP contribution in [0.4, 0.5) is 0 Å². The van der Waals surface area contributed by atoms with Gasteiger partial charge in [0.1, 0.15) is 15.5 Å². The second kappa shape index (κ2) is 5.97. The standard InChI is InChI=1S/C19H12O8S2/c1-2-13(20)17-18(28(22,23)24)11-5-3-9-4-8-14(21)10-6-7-12(16(11)15(9)10)19(17)29(25,26)27/h2-8,21H,1H2,(H,22,23,24)(H,25,26,27). The van der Waals surface area contributed by atoms with E-state index < -0.39 is 41.4 Å². The Morgan fingerprint density at radius 3 is 1.79 bits per heavy atom. The van der Waals surface area contributed by atoms with E-state index in [0.29, 0.717) is 22.2 Å². The molecule has 0 aliphatic heterocycles. The maximum atomic E-state index is 12.5. The average molecular weight is 432 g/mol. The van der Waals surface area contributed by atoms with Gasteiger partial charge in [0, 0.05) is 26.9 Å². The summed E-state index contributed by atoms with van der Waals surface area (Å²) in [6.45, 7) is 3.24. The van der Waals surface area contributed by atoms with Gasteiger partial charge in [0.15, 0.2) is 5.78 Å². The Balaban J connectivity index is 2.52. The zero-order valence-electron chi connectivity index (χ0n) is 14.4. The van der Waals surface area contributed by atoms with Crippen LogP contribution in [0.2, 0.25) is 0 Å². The van der Waals surface area contributed by atoms with Crippen LogP contribution < -0.4 is 0 Å². The first-order chi connectivity index (χ1) is 13.5. The highest BCUT2D eigenvalue weighted by atomic mass is 32.2. The van der Waals surface area contributed by atoms with Crippen molar-refractivity contribution in [1.82, 2.24) is 0 Å². The molecular weight excluding hydrogens is 420 g/mol. The van der Waals surface area contributed by atoms with Crippen molar-refractivity contribution in [3.05, 3.63) is 54.6 Å². The quantitative estimate of drug-likeness (QED) is 0.193.